The minimum atomic E-state index is -0.128. The lowest BCUT2D eigenvalue weighted by molar-refractivity contribution is -0.140. The predicted octanol–water partition coefficient (Wildman–Crippen LogP) is 0.265. The van der Waals surface area contributed by atoms with E-state index >= 15 is 0 Å². The highest BCUT2D eigenvalue weighted by Gasteiger charge is 2.40. The highest BCUT2D eigenvalue weighted by Crippen LogP contribution is 2.28. The van der Waals surface area contributed by atoms with Crippen LogP contribution in [0, 0.1) is 11.8 Å². The van der Waals surface area contributed by atoms with Gasteiger partial charge in [-0.15, -0.1) is 12.4 Å². The molecule has 16 heavy (non-hydrogen) atoms. The minimum absolute atomic E-state index is 0. The lowest BCUT2D eigenvalue weighted by atomic mass is 10.0. The van der Waals surface area contributed by atoms with E-state index in [0.29, 0.717) is 11.8 Å². The van der Waals surface area contributed by atoms with Crippen LogP contribution in [-0.4, -0.2) is 49.7 Å². The molecule has 92 valence electrons. The Hall–Kier alpha value is -0.320. The summed E-state index contributed by atoms with van der Waals surface area (Å²) in [4.78, 5) is 14.1. The summed E-state index contributed by atoms with van der Waals surface area (Å²) in [5.41, 5.74) is 0. The zero-order chi connectivity index (χ0) is 10.3. The molecule has 4 nitrogen and oxygen atoms in total. The summed E-state index contributed by atoms with van der Waals surface area (Å²) in [6.07, 6.45) is 1.83. The average molecular weight is 247 g/mol. The SMILES string of the molecule is Cl.O=C(C1CCCO1)N1C[C@H]2CNC[C@H]2C1. The molecule has 3 heterocycles. The van der Waals surface area contributed by atoms with Gasteiger partial charge in [0.1, 0.15) is 6.10 Å². The van der Waals surface area contributed by atoms with Crippen molar-refractivity contribution in [2.45, 2.75) is 18.9 Å². The molecular formula is C11H19ClN2O2. The molecule has 3 aliphatic rings. The minimum Gasteiger partial charge on any atom is -0.368 e. The highest BCUT2D eigenvalue weighted by atomic mass is 35.5. The lowest BCUT2D eigenvalue weighted by Crippen LogP contribution is -2.38. The quantitative estimate of drug-likeness (QED) is 0.722. The second kappa shape index (κ2) is 4.90. The molecule has 3 rings (SSSR count). The molecule has 1 unspecified atom stereocenters. The summed E-state index contributed by atoms with van der Waals surface area (Å²) >= 11 is 0. The first-order chi connectivity index (χ1) is 7.34. The van der Waals surface area contributed by atoms with Crippen LogP contribution in [0.3, 0.4) is 0 Å². The van der Waals surface area contributed by atoms with Gasteiger partial charge >= 0.3 is 0 Å². The van der Waals surface area contributed by atoms with Crippen LogP contribution in [0.25, 0.3) is 0 Å². The van der Waals surface area contributed by atoms with Crippen LogP contribution >= 0.6 is 12.4 Å². The smallest absolute Gasteiger partial charge is 0.251 e. The van der Waals surface area contributed by atoms with Crippen molar-refractivity contribution in [3.05, 3.63) is 0 Å². The number of hydrogen-bond acceptors (Lipinski definition) is 3. The molecule has 0 spiro atoms. The Morgan fingerprint density at radius 2 is 1.94 bits per heavy atom. The van der Waals surface area contributed by atoms with Crippen molar-refractivity contribution >= 4 is 18.3 Å². The molecule has 5 heteroatoms. The maximum Gasteiger partial charge on any atom is 0.251 e. The van der Waals surface area contributed by atoms with E-state index in [1.54, 1.807) is 0 Å². The molecular weight excluding hydrogens is 228 g/mol. The van der Waals surface area contributed by atoms with Crippen molar-refractivity contribution in [3.63, 3.8) is 0 Å². The van der Waals surface area contributed by atoms with Crippen molar-refractivity contribution < 1.29 is 9.53 Å². The van der Waals surface area contributed by atoms with E-state index in [1.165, 1.54) is 0 Å². The van der Waals surface area contributed by atoms with E-state index in [9.17, 15) is 4.79 Å². The molecule has 3 fully saturated rings. The van der Waals surface area contributed by atoms with Crippen LogP contribution in [0.1, 0.15) is 12.8 Å². The average Bonchev–Trinajstić information content (AvgIpc) is 2.92. The standard InChI is InChI=1S/C11H18N2O2.ClH/c14-11(10-2-1-3-15-10)13-6-8-4-12-5-9(8)7-13;/h8-10,12H,1-7H2;1H/t8-,9+,10?;. The Labute approximate surface area is 102 Å². The number of amides is 1. The van der Waals surface area contributed by atoms with Gasteiger partial charge in [-0.2, -0.15) is 0 Å². The lowest BCUT2D eigenvalue weighted by Gasteiger charge is -2.20. The third-order valence-corrected chi connectivity index (χ3v) is 3.91. The van der Waals surface area contributed by atoms with Gasteiger partial charge in [-0.25, -0.2) is 0 Å². The Morgan fingerprint density at radius 1 is 1.25 bits per heavy atom. The van der Waals surface area contributed by atoms with Crippen molar-refractivity contribution in [3.8, 4) is 0 Å². The van der Waals surface area contributed by atoms with Gasteiger partial charge in [0, 0.05) is 32.8 Å². The molecule has 1 amide bonds. The van der Waals surface area contributed by atoms with E-state index in [1.807, 2.05) is 4.90 Å². The molecule has 0 aromatic carbocycles. The molecule has 1 N–H and O–H groups in total. The van der Waals surface area contributed by atoms with E-state index in [4.69, 9.17) is 4.74 Å². The van der Waals surface area contributed by atoms with Crippen molar-refractivity contribution in [1.29, 1.82) is 0 Å². The van der Waals surface area contributed by atoms with Crippen LogP contribution < -0.4 is 5.32 Å². The van der Waals surface area contributed by atoms with Gasteiger partial charge in [-0.05, 0) is 24.7 Å². The van der Waals surface area contributed by atoms with Gasteiger partial charge in [0.2, 0.25) is 0 Å². The van der Waals surface area contributed by atoms with Gasteiger partial charge in [0.05, 0.1) is 0 Å². The van der Waals surface area contributed by atoms with Crippen LogP contribution in [-0.2, 0) is 9.53 Å². The molecule has 3 atom stereocenters. The van der Waals surface area contributed by atoms with Gasteiger partial charge in [0.25, 0.3) is 5.91 Å². The Bertz CT molecular complexity index is 257. The fourth-order valence-electron chi connectivity index (χ4n) is 3.01. The number of fused-ring (bicyclic) bond motifs is 1. The van der Waals surface area contributed by atoms with Gasteiger partial charge < -0.3 is 15.0 Å². The third-order valence-electron chi connectivity index (χ3n) is 3.91. The molecule has 0 aliphatic carbocycles. The summed E-state index contributed by atoms with van der Waals surface area (Å²) < 4.78 is 5.44. The van der Waals surface area contributed by atoms with Crippen molar-refractivity contribution in [2.24, 2.45) is 11.8 Å². The number of halogens is 1. The van der Waals surface area contributed by atoms with Crippen molar-refractivity contribution in [2.75, 3.05) is 32.8 Å². The topological polar surface area (TPSA) is 41.6 Å². The van der Waals surface area contributed by atoms with Gasteiger partial charge in [-0.3, -0.25) is 4.79 Å². The second-order valence-electron chi connectivity index (χ2n) is 4.92. The number of carbonyl (C=O) groups excluding carboxylic acids is 1. The Balaban J connectivity index is 0.000000963. The summed E-state index contributed by atoms with van der Waals surface area (Å²) in [7, 11) is 0. The molecule has 0 saturated carbocycles. The number of ether oxygens (including phenoxy) is 1. The predicted molar refractivity (Wildman–Crippen MR) is 62.7 cm³/mol. The Morgan fingerprint density at radius 3 is 2.50 bits per heavy atom. The van der Waals surface area contributed by atoms with E-state index < -0.39 is 0 Å². The second-order valence-corrected chi connectivity index (χ2v) is 4.92. The van der Waals surface area contributed by atoms with Crippen LogP contribution in [0.5, 0.6) is 0 Å². The summed E-state index contributed by atoms with van der Waals surface area (Å²) in [5, 5.41) is 3.38. The maximum absolute atomic E-state index is 12.1. The molecule has 0 bridgehead atoms. The first kappa shape index (κ1) is 12.1. The normalized spacial score (nSPS) is 37.2. The third kappa shape index (κ3) is 2.06. The largest absolute Gasteiger partial charge is 0.368 e. The molecule has 3 saturated heterocycles. The van der Waals surface area contributed by atoms with Crippen LogP contribution in [0.2, 0.25) is 0 Å². The van der Waals surface area contributed by atoms with Gasteiger partial charge in [0.15, 0.2) is 0 Å². The first-order valence-electron chi connectivity index (χ1n) is 5.95. The van der Waals surface area contributed by atoms with Crippen LogP contribution in [0.15, 0.2) is 0 Å². The van der Waals surface area contributed by atoms with E-state index in [-0.39, 0.29) is 24.4 Å². The number of nitrogens with zero attached hydrogens (tertiary/aromatic N) is 1. The van der Waals surface area contributed by atoms with Gasteiger partial charge in [-0.1, -0.05) is 0 Å². The van der Waals surface area contributed by atoms with E-state index in [0.717, 1.165) is 45.6 Å². The number of hydrogen-bond donors (Lipinski definition) is 1. The molecule has 0 radical (unpaired) electrons. The molecule has 0 aromatic heterocycles. The number of rotatable bonds is 1. The first-order valence-corrected chi connectivity index (χ1v) is 5.95. The fourth-order valence-corrected chi connectivity index (χ4v) is 3.01. The zero-order valence-electron chi connectivity index (χ0n) is 9.35. The monoisotopic (exact) mass is 246 g/mol. The Kier molecular flexibility index (Phi) is 3.72. The number of carbonyl (C=O) groups is 1. The number of nitrogens with one attached hydrogen (secondary N) is 1. The maximum atomic E-state index is 12.1. The van der Waals surface area contributed by atoms with Crippen molar-refractivity contribution in [1.82, 2.24) is 10.2 Å². The summed E-state index contributed by atoms with van der Waals surface area (Å²) in [6, 6.07) is 0. The van der Waals surface area contributed by atoms with Crippen LogP contribution in [0.4, 0.5) is 0 Å². The molecule has 3 aliphatic heterocycles. The zero-order valence-corrected chi connectivity index (χ0v) is 10.2. The summed E-state index contributed by atoms with van der Waals surface area (Å²) in [5.74, 6) is 1.62. The fraction of sp³-hybridized carbons (Fsp3) is 0.909. The number of likely N-dealkylation sites (tertiary alicyclic amines) is 1. The highest BCUT2D eigenvalue weighted by molar-refractivity contribution is 5.85. The van der Waals surface area contributed by atoms with E-state index in [2.05, 4.69) is 5.32 Å². The molecule has 0 aromatic rings. The summed E-state index contributed by atoms with van der Waals surface area (Å²) in [6.45, 7) is 4.81.